The second kappa shape index (κ2) is 3.09. The summed E-state index contributed by atoms with van der Waals surface area (Å²) in [5.41, 5.74) is -0.874. The summed E-state index contributed by atoms with van der Waals surface area (Å²) in [4.78, 5) is 11.3. The van der Waals surface area contributed by atoms with Crippen LogP contribution in [-0.2, 0) is 4.79 Å². The van der Waals surface area contributed by atoms with Crippen LogP contribution in [-0.4, -0.2) is 16.5 Å². The minimum Gasteiger partial charge on any atom is -0.382 e. The van der Waals surface area contributed by atoms with Crippen molar-refractivity contribution in [3.63, 3.8) is 0 Å². The van der Waals surface area contributed by atoms with Gasteiger partial charge in [-0.3, -0.25) is 4.79 Å². The molecule has 0 saturated heterocycles. The van der Waals surface area contributed by atoms with Gasteiger partial charge in [0.2, 0.25) is 0 Å². The molecule has 0 amide bonds. The molecule has 0 aromatic carbocycles. The average molecular weight is 184 g/mol. The molecule has 0 radical (unpaired) electrons. The monoisotopic (exact) mass is 184 g/mol. The first kappa shape index (κ1) is 10.7. The highest BCUT2D eigenvalue weighted by molar-refractivity contribution is 5.87. The van der Waals surface area contributed by atoms with E-state index in [1.807, 2.05) is 0 Å². The topological polar surface area (TPSA) is 37.3 Å². The molecular weight excluding hydrogens is 164 g/mol. The van der Waals surface area contributed by atoms with E-state index in [-0.39, 0.29) is 11.2 Å². The Hall–Kier alpha value is -0.370. The van der Waals surface area contributed by atoms with Crippen LogP contribution in [0.5, 0.6) is 0 Å². The zero-order valence-corrected chi connectivity index (χ0v) is 9.05. The highest BCUT2D eigenvalue weighted by Crippen LogP contribution is 2.40. The van der Waals surface area contributed by atoms with Gasteiger partial charge in [0.05, 0.1) is 0 Å². The van der Waals surface area contributed by atoms with Gasteiger partial charge in [-0.25, -0.2) is 0 Å². The molecule has 0 heterocycles. The van der Waals surface area contributed by atoms with E-state index < -0.39 is 5.60 Å². The van der Waals surface area contributed by atoms with E-state index in [4.69, 9.17) is 0 Å². The van der Waals surface area contributed by atoms with Crippen molar-refractivity contribution < 1.29 is 9.90 Å². The summed E-state index contributed by atoms with van der Waals surface area (Å²) in [6, 6.07) is 0. The molecule has 2 nitrogen and oxygen atoms in total. The largest absolute Gasteiger partial charge is 0.382 e. The Balaban J connectivity index is 2.72. The average Bonchev–Trinajstić information content (AvgIpc) is 1.92. The van der Waals surface area contributed by atoms with Crippen LogP contribution in [0.3, 0.4) is 0 Å². The van der Waals surface area contributed by atoms with Gasteiger partial charge in [-0.05, 0) is 31.1 Å². The van der Waals surface area contributed by atoms with E-state index in [0.29, 0.717) is 18.8 Å². The maximum atomic E-state index is 11.3. The van der Waals surface area contributed by atoms with E-state index in [1.54, 1.807) is 6.92 Å². The maximum Gasteiger partial charge on any atom is 0.164 e. The molecule has 2 heteroatoms. The Kier molecular flexibility index (Phi) is 2.54. The minimum atomic E-state index is -1.07. The van der Waals surface area contributed by atoms with Crippen molar-refractivity contribution in [2.45, 2.75) is 52.6 Å². The third-order valence-corrected chi connectivity index (χ3v) is 3.19. The predicted molar refractivity (Wildman–Crippen MR) is 52.4 cm³/mol. The Morgan fingerprint density at radius 2 is 2.00 bits per heavy atom. The fourth-order valence-electron chi connectivity index (χ4n) is 2.01. The van der Waals surface area contributed by atoms with Gasteiger partial charge in [0, 0.05) is 6.42 Å². The fraction of sp³-hybridized carbons (Fsp3) is 0.909. The van der Waals surface area contributed by atoms with Gasteiger partial charge < -0.3 is 5.11 Å². The summed E-state index contributed by atoms with van der Waals surface area (Å²) in [5.74, 6) is 0.466. The van der Waals surface area contributed by atoms with Crippen LogP contribution in [0.2, 0.25) is 0 Å². The zero-order valence-electron chi connectivity index (χ0n) is 9.05. The van der Waals surface area contributed by atoms with Crippen LogP contribution >= 0.6 is 0 Å². The summed E-state index contributed by atoms with van der Waals surface area (Å²) < 4.78 is 0. The van der Waals surface area contributed by atoms with Gasteiger partial charge >= 0.3 is 0 Å². The Morgan fingerprint density at radius 1 is 1.46 bits per heavy atom. The molecule has 2 atom stereocenters. The number of Topliss-reactive ketones (excluding diaryl/α,β-unsaturated/α-hetero) is 1. The van der Waals surface area contributed by atoms with Crippen molar-refractivity contribution >= 4 is 5.78 Å². The molecule has 13 heavy (non-hydrogen) atoms. The third kappa shape index (κ3) is 2.31. The van der Waals surface area contributed by atoms with Gasteiger partial charge in [0.1, 0.15) is 5.60 Å². The maximum absolute atomic E-state index is 11.3. The van der Waals surface area contributed by atoms with Gasteiger partial charge in [-0.2, -0.15) is 0 Å². The number of ketones is 1. The Bertz CT molecular complexity index is 211. The molecule has 1 aliphatic carbocycles. The summed E-state index contributed by atoms with van der Waals surface area (Å²) in [6.45, 7) is 8.16. The lowest BCUT2D eigenvalue weighted by atomic mass is 9.67. The molecule has 0 aromatic rings. The summed E-state index contributed by atoms with van der Waals surface area (Å²) in [6.07, 6.45) is 2.09. The SMILES string of the molecule is CC(C)(C)[C@H]1CCC(=O)[C@](C)(O)C1. The van der Waals surface area contributed by atoms with Crippen LogP contribution in [0.4, 0.5) is 0 Å². The molecular formula is C11H20O2. The van der Waals surface area contributed by atoms with Gasteiger partial charge in [0.25, 0.3) is 0 Å². The van der Waals surface area contributed by atoms with E-state index in [0.717, 1.165) is 6.42 Å². The number of carbonyl (C=O) groups is 1. The summed E-state index contributed by atoms with van der Waals surface area (Å²) in [5, 5.41) is 9.83. The number of rotatable bonds is 0. The normalized spacial score (nSPS) is 36.4. The van der Waals surface area contributed by atoms with Crippen molar-refractivity contribution in [3.05, 3.63) is 0 Å². The van der Waals surface area contributed by atoms with Crippen molar-refractivity contribution in [2.75, 3.05) is 0 Å². The highest BCUT2D eigenvalue weighted by Gasteiger charge is 2.41. The predicted octanol–water partition coefficient (Wildman–Crippen LogP) is 2.15. The van der Waals surface area contributed by atoms with Crippen molar-refractivity contribution in [3.8, 4) is 0 Å². The lowest BCUT2D eigenvalue weighted by Crippen LogP contribution is -2.44. The molecule has 1 aliphatic rings. The van der Waals surface area contributed by atoms with E-state index in [9.17, 15) is 9.90 Å². The van der Waals surface area contributed by atoms with E-state index in [1.165, 1.54) is 0 Å². The van der Waals surface area contributed by atoms with Gasteiger partial charge in [-0.15, -0.1) is 0 Å². The fourth-order valence-corrected chi connectivity index (χ4v) is 2.01. The molecule has 76 valence electrons. The molecule has 1 fully saturated rings. The molecule has 0 unspecified atom stereocenters. The molecule has 0 spiro atoms. The smallest absolute Gasteiger partial charge is 0.164 e. The first-order valence-electron chi connectivity index (χ1n) is 4.99. The van der Waals surface area contributed by atoms with Crippen LogP contribution in [0, 0.1) is 11.3 Å². The van der Waals surface area contributed by atoms with E-state index >= 15 is 0 Å². The molecule has 1 N–H and O–H groups in total. The van der Waals surface area contributed by atoms with Crippen molar-refractivity contribution in [2.24, 2.45) is 11.3 Å². The number of hydrogen-bond acceptors (Lipinski definition) is 2. The highest BCUT2D eigenvalue weighted by atomic mass is 16.3. The van der Waals surface area contributed by atoms with Gasteiger partial charge in [0.15, 0.2) is 5.78 Å². The molecule has 0 aromatic heterocycles. The van der Waals surface area contributed by atoms with Crippen molar-refractivity contribution in [1.82, 2.24) is 0 Å². The lowest BCUT2D eigenvalue weighted by Gasteiger charge is -2.39. The molecule has 0 aliphatic heterocycles. The number of hydrogen-bond donors (Lipinski definition) is 1. The Morgan fingerprint density at radius 3 is 2.38 bits per heavy atom. The van der Waals surface area contributed by atoms with Crippen LogP contribution in [0.25, 0.3) is 0 Å². The van der Waals surface area contributed by atoms with E-state index in [2.05, 4.69) is 20.8 Å². The lowest BCUT2D eigenvalue weighted by molar-refractivity contribution is -0.143. The number of aliphatic hydroxyl groups is 1. The van der Waals surface area contributed by atoms with Crippen LogP contribution in [0.15, 0.2) is 0 Å². The molecule has 1 rings (SSSR count). The zero-order chi connectivity index (χ0) is 10.3. The second-order valence-electron chi connectivity index (χ2n) is 5.50. The number of carbonyl (C=O) groups excluding carboxylic acids is 1. The molecule has 1 saturated carbocycles. The third-order valence-electron chi connectivity index (χ3n) is 3.19. The van der Waals surface area contributed by atoms with Crippen LogP contribution in [0.1, 0.15) is 47.0 Å². The quantitative estimate of drug-likeness (QED) is 0.626. The van der Waals surface area contributed by atoms with Crippen molar-refractivity contribution in [1.29, 1.82) is 0 Å². The minimum absolute atomic E-state index is 0.00741. The van der Waals surface area contributed by atoms with Gasteiger partial charge in [-0.1, -0.05) is 20.8 Å². The molecule has 0 bridgehead atoms. The standard InChI is InChI=1S/C11H20O2/c1-10(2,3)8-5-6-9(12)11(4,13)7-8/h8,13H,5-7H2,1-4H3/t8-,11+/m0/s1. The first-order valence-corrected chi connectivity index (χ1v) is 4.99. The first-order chi connectivity index (χ1) is 5.73. The summed E-state index contributed by atoms with van der Waals surface area (Å²) in [7, 11) is 0. The van der Waals surface area contributed by atoms with Crippen LogP contribution < -0.4 is 0 Å². The second-order valence-corrected chi connectivity index (χ2v) is 5.50. The summed E-state index contributed by atoms with van der Waals surface area (Å²) >= 11 is 0. The Labute approximate surface area is 80.3 Å².